The zero-order valence-corrected chi connectivity index (χ0v) is 16.2. The number of ether oxygens (including phenoxy) is 1. The molecule has 3 aliphatic carbocycles. The first-order valence-corrected chi connectivity index (χ1v) is 10.7. The number of aromatic nitrogens is 1. The Balaban J connectivity index is 1.57. The van der Waals surface area contributed by atoms with Gasteiger partial charge in [0, 0.05) is 29.2 Å². The maximum Gasteiger partial charge on any atom is 0.214 e. The highest BCUT2D eigenvalue weighted by Gasteiger charge is 2.42. The molecule has 28 heavy (non-hydrogen) atoms. The van der Waals surface area contributed by atoms with E-state index < -0.39 is 0 Å². The summed E-state index contributed by atoms with van der Waals surface area (Å²) < 4.78 is 8.81. The van der Waals surface area contributed by atoms with Gasteiger partial charge in [0.2, 0.25) is 5.69 Å². The Morgan fingerprint density at radius 2 is 2.14 bits per heavy atom. The van der Waals surface area contributed by atoms with Crippen LogP contribution in [0.5, 0.6) is 5.75 Å². The van der Waals surface area contributed by atoms with Gasteiger partial charge < -0.3 is 4.74 Å². The maximum absolute atomic E-state index is 6.39. The Bertz CT molecular complexity index is 1140. The van der Waals surface area contributed by atoms with Crippen molar-refractivity contribution in [2.24, 2.45) is 5.92 Å². The number of hydrogen-bond acceptors (Lipinski definition) is 1. The maximum atomic E-state index is 6.39. The van der Waals surface area contributed by atoms with Crippen LogP contribution >= 0.6 is 0 Å². The summed E-state index contributed by atoms with van der Waals surface area (Å²) in [7, 11) is 0. The molecule has 0 saturated carbocycles. The van der Waals surface area contributed by atoms with Crippen molar-refractivity contribution in [2.75, 3.05) is 0 Å². The molecule has 2 nitrogen and oxygen atoms in total. The summed E-state index contributed by atoms with van der Waals surface area (Å²) in [6.45, 7) is 3.41. The van der Waals surface area contributed by atoms with Gasteiger partial charge in [0.15, 0.2) is 12.7 Å². The molecule has 7 rings (SSSR count). The molecule has 2 aliphatic heterocycles. The van der Waals surface area contributed by atoms with Crippen LogP contribution in [0.2, 0.25) is 0 Å². The van der Waals surface area contributed by atoms with Gasteiger partial charge in [-0.3, -0.25) is 0 Å². The predicted octanol–water partition coefficient (Wildman–Crippen LogP) is 5.19. The summed E-state index contributed by atoms with van der Waals surface area (Å²) in [5, 5.41) is 0. The zero-order valence-electron chi connectivity index (χ0n) is 16.2. The van der Waals surface area contributed by atoms with Crippen LogP contribution in [0.4, 0.5) is 0 Å². The molecule has 0 radical (unpaired) electrons. The van der Waals surface area contributed by atoms with E-state index >= 15 is 0 Å². The first-order chi connectivity index (χ1) is 13.8. The molecule has 0 N–H and O–H groups in total. The third-order valence-corrected chi connectivity index (χ3v) is 7.67. The van der Waals surface area contributed by atoms with Crippen LogP contribution in [-0.2, 0) is 6.54 Å². The molecular formula is C26H24NO+. The van der Waals surface area contributed by atoms with Gasteiger partial charge in [-0.05, 0) is 66.0 Å². The highest BCUT2D eigenvalue weighted by Crippen LogP contribution is 2.51. The molecule has 1 aromatic carbocycles. The molecule has 4 unspecified atom stereocenters. The van der Waals surface area contributed by atoms with E-state index in [1.165, 1.54) is 52.8 Å². The summed E-state index contributed by atoms with van der Waals surface area (Å²) in [4.78, 5) is 0. The Labute approximate surface area is 165 Å². The van der Waals surface area contributed by atoms with Gasteiger partial charge in [0.25, 0.3) is 0 Å². The highest BCUT2D eigenvalue weighted by atomic mass is 16.5. The summed E-state index contributed by atoms with van der Waals surface area (Å²) in [5.41, 5.74) is 10.1. The van der Waals surface area contributed by atoms with Crippen molar-refractivity contribution in [3.8, 4) is 17.0 Å². The highest BCUT2D eigenvalue weighted by molar-refractivity contribution is 5.75. The lowest BCUT2D eigenvalue weighted by atomic mass is 9.73. The molecule has 0 saturated heterocycles. The second kappa shape index (κ2) is 5.26. The second-order valence-electron chi connectivity index (χ2n) is 9.06. The fourth-order valence-corrected chi connectivity index (χ4v) is 6.23. The van der Waals surface area contributed by atoms with Crippen LogP contribution in [0.25, 0.3) is 11.3 Å². The molecular weight excluding hydrogens is 342 g/mol. The van der Waals surface area contributed by atoms with Crippen LogP contribution in [0.3, 0.4) is 0 Å². The summed E-state index contributed by atoms with van der Waals surface area (Å²) in [6, 6.07) is 9.31. The van der Waals surface area contributed by atoms with Gasteiger partial charge in [0.05, 0.1) is 5.56 Å². The average Bonchev–Trinajstić information content (AvgIpc) is 3.29. The topological polar surface area (TPSA) is 13.1 Å². The molecule has 3 heterocycles. The minimum Gasteiger partial charge on any atom is -0.485 e. The van der Waals surface area contributed by atoms with Crippen molar-refractivity contribution in [3.05, 3.63) is 82.6 Å². The molecule has 2 heteroatoms. The fourth-order valence-electron chi connectivity index (χ4n) is 6.23. The van der Waals surface area contributed by atoms with Crippen molar-refractivity contribution in [2.45, 2.75) is 50.7 Å². The molecule has 4 atom stereocenters. The SMILES string of the molecule is CC1c2cc[n+]3c(c2)-c2c(ccc4c2C2C=C(C=CC2O4)C2=CCCCC21)C3. The normalized spacial score (nSPS) is 30.3. The minimum absolute atomic E-state index is 0.142. The summed E-state index contributed by atoms with van der Waals surface area (Å²) in [5.74, 6) is 2.55. The standard InChI is InChI=1S/C26H24NO/c1-15-16-10-11-27-14-18-7-9-24-26(25(18)22(27)13-16)21-12-17(6-8-23(21)28-24)20-5-3-2-4-19(15)20/h5-13,15,19,21,23H,2-4,14H2,1H3/q+1. The van der Waals surface area contributed by atoms with Gasteiger partial charge in [-0.15, -0.1) is 0 Å². The van der Waals surface area contributed by atoms with E-state index in [1.54, 1.807) is 5.57 Å². The molecule has 138 valence electrons. The Hall–Kier alpha value is -2.61. The number of allylic oxidation sites excluding steroid dienone is 4. The third kappa shape index (κ3) is 1.86. The number of pyridine rings is 1. The van der Waals surface area contributed by atoms with Gasteiger partial charge >= 0.3 is 0 Å². The van der Waals surface area contributed by atoms with Crippen molar-refractivity contribution < 1.29 is 9.30 Å². The quantitative estimate of drug-likeness (QED) is 0.499. The molecule has 2 aromatic rings. The third-order valence-electron chi connectivity index (χ3n) is 7.67. The number of benzene rings is 1. The van der Waals surface area contributed by atoms with Crippen LogP contribution in [0.15, 0.2) is 65.9 Å². The minimum atomic E-state index is 0.142. The van der Waals surface area contributed by atoms with E-state index in [0.29, 0.717) is 17.8 Å². The Morgan fingerprint density at radius 1 is 1.18 bits per heavy atom. The van der Waals surface area contributed by atoms with Crippen LogP contribution in [0.1, 0.15) is 54.7 Å². The zero-order chi connectivity index (χ0) is 18.4. The first kappa shape index (κ1) is 15.3. The lowest BCUT2D eigenvalue weighted by Crippen LogP contribution is -2.32. The molecule has 4 bridgehead atoms. The molecule has 1 aromatic heterocycles. The monoisotopic (exact) mass is 366 g/mol. The van der Waals surface area contributed by atoms with Crippen LogP contribution < -0.4 is 9.30 Å². The summed E-state index contributed by atoms with van der Waals surface area (Å²) >= 11 is 0. The van der Waals surface area contributed by atoms with E-state index in [1.807, 2.05) is 0 Å². The van der Waals surface area contributed by atoms with Crippen molar-refractivity contribution in [3.63, 3.8) is 0 Å². The lowest BCUT2D eigenvalue weighted by molar-refractivity contribution is -0.672. The van der Waals surface area contributed by atoms with Crippen molar-refractivity contribution in [1.82, 2.24) is 0 Å². The lowest BCUT2D eigenvalue weighted by Gasteiger charge is -2.32. The summed E-state index contributed by atoms with van der Waals surface area (Å²) in [6.07, 6.45) is 15.9. The number of rotatable bonds is 0. The van der Waals surface area contributed by atoms with E-state index in [4.69, 9.17) is 4.74 Å². The van der Waals surface area contributed by atoms with Gasteiger partial charge in [-0.25, -0.2) is 0 Å². The molecule has 0 spiro atoms. The van der Waals surface area contributed by atoms with E-state index in [-0.39, 0.29) is 6.10 Å². The number of hydrogen-bond donors (Lipinski definition) is 0. The van der Waals surface area contributed by atoms with Crippen molar-refractivity contribution in [1.29, 1.82) is 0 Å². The molecule has 0 fully saturated rings. The van der Waals surface area contributed by atoms with E-state index in [0.717, 1.165) is 12.3 Å². The smallest absolute Gasteiger partial charge is 0.214 e. The van der Waals surface area contributed by atoms with Crippen molar-refractivity contribution >= 4 is 0 Å². The second-order valence-corrected chi connectivity index (χ2v) is 9.06. The van der Waals surface area contributed by atoms with E-state index in [2.05, 4.69) is 66.3 Å². The fraction of sp³-hybridized carbons (Fsp3) is 0.346. The van der Waals surface area contributed by atoms with Gasteiger partial charge in [-0.2, -0.15) is 4.57 Å². The van der Waals surface area contributed by atoms with E-state index in [9.17, 15) is 0 Å². The largest absolute Gasteiger partial charge is 0.485 e. The average molecular weight is 366 g/mol. The van der Waals surface area contributed by atoms with Gasteiger partial charge in [0.1, 0.15) is 11.9 Å². The van der Waals surface area contributed by atoms with Crippen LogP contribution in [0, 0.1) is 5.92 Å². The number of fused-ring (bicyclic) bond motifs is 3. The molecule has 0 amide bonds. The van der Waals surface area contributed by atoms with Crippen LogP contribution in [-0.4, -0.2) is 6.10 Å². The number of nitrogens with zero attached hydrogens (tertiary/aromatic N) is 1. The van der Waals surface area contributed by atoms with Gasteiger partial charge in [-0.1, -0.05) is 25.2 Å². The first-order valence-electron chi connectivity index (χ1n) is 10.7. The molecule has 5 aliphatic rings. The Morgan fingerprint density at radius 3 is 3.11 bits per heavy atom. The predicted molar refractivity (Wildman–Crippen MR) is 109 cm³/mol. The Kier molecular flexibility index (Phi) is 2.88.